The van der Waals surface area contributed by atoms with E-state index in [0.717, 1.165) is 35.4 Å². The average molecular weight is 394 g/mol. The van der Waals surface area contributed by atoms with Crippen LogP contribution in [-0.4, -0.2) is 33.4 Å². The Bertz CT molecular complexity index is 943. The van der Waals surface area contributed by atoms with Crippen LogP contribution >= 0.6 is 0 Å². The fourth-order valence-corrected chi connectivity index (χ4v) is 3.03. The zero-order valence-electron chi connectivity index (χ0n) is 14.8. The molecule has 0 atom stereocenters. The van der Waals surface area contributed by atoms with Crippen molar-refractivity contribution in [3.05, 3.63) is 59.4 Å². The van der Waals surface area contributed by atoms with Crippen LogP contribution in [0.15, 0.2) is 47.4 Å². The predicted octanol–water partition coefficient (Wildman–Crippen LogP) is 1.90. The van der Waals surface area contributed by atoms with Crippen molar-refractivity contribution in [2.24, 2.45) is 0 Å². The molecule has 0 aliphatic rings. The van der Waals surface area contributed by atoms with Crippen LogP contribution in [0.25, 0.3) is 0 Å². The maximum Gasteiger partial charge on any atom is 0.321 e. The SMILES string of the molecule is Cc1ccc(NC(=O)COC(=O)CNS(=O)(=O)c2ccc(F)cc2)cc1C. The molecule has 0 aliphatic carbocycles. The average Bonchev–Trinajstić information content (AvgIpc) is 2.62. The highest BCUT2D eigenvalue weighted by Crippen LogP contribution is 2.14. The first-order valence-electron chi connectivity index (χ1n) is 7.95. The Balaban J connectivity index is 1.80. The van der Waals surface area contributed by atoms with Crippen molar-refractivity contribution in [1.82, 2.24) is 4.72 Å². The van der Waals surface area contributed by atoms with Gasteiger partial charge in [-0.25, -0.2) is 12.8 Å². The number of sulfonamides is 1. The number of ether oxygens (including phenoxy) is 1. The lowest BCUT2D eigenvalue weighted by Gasteiger charge is -2.09. The van der Waals surface area contributed by atoms with E-state index >= 15 is 0 Å². The van der Waals surface area contributed by atoms with Crippen molar-refractivity contribution in [3.63, 3.8) is 0 Å². The summed E-state index contributed by atoms with van der Waals surface area (Å²) in [5, 5.41) is 2.58. The van der Waals surface area contributed by atoms with E-state index in [4.69, 9.17) is 4.74 Å². The Morgan fingerprint density at radius 2 is 1.70 bits per heavy atom. The van der Waals surface area contributed by atoms with Crippen molar-refractivity contribution in [1.29, 1.82) is 0 Å². The quantitative estimate of drug-likeness (QED) is 0.699. The summed E-state index contributed by atoms with van der Waals surface area (Å²) >= 11 is 0. The number of carbonyl (C=O) groups is 2. The topological polar surface area (TPSA) is 102 Å². The number of halogens is 1. The van der Waals surface area contributed by atoms with E-state index in [1.165, 1.54) is 0 Å². The summed E-state index contributed by atoms with van der Waals surface area (Å²) in [6.45, 7) is 2.63. The van der Waals surface area contributed by atoms with Gasteiger partial charge in [0.25, 0.3) is 5.91 Å². The lowest BCUT2D eigenvalue weighted by molar-refractivity contribution is -0.146. The maximum absolute atomic E-state index is 12.8. The Labute approximate surface area is 156 Å². The molecule has 144 valence electrons. The van der Waals surface area contributed by atoms with Crippen molar-refractivity contribution in [2.75, 3.05) is 18.5 Å². The Morgan fingerprint density at radius 1 is 1.04 bits per heavy atom. The van der Waals surface area contributed by atoms with E-state index in [2.05, 4.69) is 5.32 Å². The second-order valence-corrected chi connectivity index (χ2v) is 7.55. The summed E-state index contributed by atoms with van der Waals surface area (Å²) in [6.07, 6.45) is 0. The zero-order valence-corrected chi connectivity index (χ0v) is 15.6. The second-order valence-electron chi connectivity index (χ2n) is 5.79. The highest BCUT2D eigenvalue weighted by Gasteiger charge is 2.16. The van der Waals surface area contributed by atoms with Crippen molar-refractivity contribution < 1.29 is 27.1 Å². The molecule has 0 heterocycles. The molecular weight excluding hydrogens is 375 g/mol. The summed E-state index contributed by atoms with van der Waals surface area (Å²) in [4.78, 5) is 23.3. The van der Waals surface area contributed by atoms with E-state index in [9.17, 15) is 22.4 Å². The first-order valence-corrected chi connectivity index (χ1v) is 9.43. The highest BCUT2D eigenvalue weighted by atomic mass is 32.2. The van der Waals surface area contributed by atoms with Gasteiger partial charge in [0.15, 0.2) is 6.61 Å². The summed E-state index contributed by atoms with van der Waals surface area (Å²) in [6, 6.07) is 9.47. The number of hydrogen-bond donors (Lipinski definition) is 2. The number of rotatable bonds is 7. The monoisotopic (exact) mass is 394 g/mol. The van der Waals surface area contributed by atoms with Crippen LogP contribution in [0.4, 0.5) is 10.1 Å². The number of anilines is 1. The number of carbonyl (C=O) groups excluding carboxylic acids is 2. The van der Waals surface area contributed by atoms with Crippen LogP contribution in [-0.2, 0) is 24.3 Å². The van der Waals surface area contributed by atoms with Gasteiger partial charge in [0.1, 0.15) is 12.4 Å². The minimum atomic E-state index is -3.99. The molecule has 2 rings (SSSR count). The van der Waals surface area contributed by atoms with Crippen LogP contribution in [0, 0.1) is 19.7 Å². The maximum atomic E-state index is 12.8. The lowest BCUT2D eigenvalue weighted by Crippen LogP contribution is -2.32. The Hall–Kier alpha value is -2.78. The van der Waals surface area contributed by atoms with Crippen LogP contribution in [0.1, 0.15) is 11.1 Å². The van der Waals surface area contributed by atoms with Gasteiger partial charge < -0.3 is 10.1 Å². The number of benzene rings is 2. The minimum Gasteiger partial charge on any atom is -0.455 e. The van der Waals surface area contributed by atoms with Gasteiger partial charge >= 0.3 is 5.97 Å². The fourth-order valence-electron chi connectivity index (χ4n) is 2.06. The summed E-state index contributed by atoms with van der Waals surface area (Å²) in [5.74, 6) is -2.05. The molecule has 27 heavy (non-hydrogen) atoms. The van der Waals surface area contributed by atoms with Crippen LogP contribution in [0.5, 0.6) is 0 Å². The molecule has 0 bridgehead atoms. The van der Waals surface area contributed by atoms with E-state index < -0.39 is 40.9 Å². The lowest BCUT2D eigenvalue weighted by atomic mass is 10.1. The third-order valence-corrected chi connectivity index (χ3v) is 5.10. The Morgan fingerprint density at radius 3 is 2.33 bits per heavy atom. The standard InChI is InChI=1S/C18H19FN2O5S/c1-12-3-6-15(9-13(12)2)21-17(22)11-26-18(23)10-20-27(24,25)16-7-4-14(19)5-8-16/h3-9,20H,10-11H2,1-2H3,(H,21,22). The first-order chi connectivity index (χ1) is 12.7. The number of aryl methyl sites for hydroxylation is 2. The van der Waals surface area contributed by atoms with Crippen molar-refractivity contribution >= 4 is 27.6 Å². The molecule has 1 amide bonds. The molecule has 0 fully saturated rings. The molecule has 0 aromatic heterocycles. The molecule has 0 spiro atoms. The molecule has 0 unspecified atom stereocenters. The molecule has 0 radical (unpaired) electrons. The van der Waals surface area contributed by atoms with Gasteiger partial charge in [-0.1, -0.05) is 6.07 Å². The number of hydrogen-bond acceptors (Lipinski definition) is 5. The van der Waals surface area contributed by atoms with Crippen LogP contribution in [0.3, 0.4) is 0 Å². The molecule has 7 nitrogen and oxygen atoms in total. The van der Waals surface area contributed by atoms with Gasteiger partial charge in [-0.2, -0.15) is 4.72 Å². The number of amides is 1. The van der Waals surface area contributed by atoms with Crippen LogP contribution in [0.2, 0.25) is 0 Å². The van der Waals surface area contributed by atoms with Crippen molar-refractivity contribution in [2.45, 2.75) is 18.7 Å². The summed E-state index contributed by atoms with van der Waals surface area (Å²) in [7, 11) is -3.99. The minimum absolute atomic E-state index is 0.191. The number of nitrogens with one attached hydrogen (secondary N) is 2. The second kappa shape index (κ2) is 8.74. The molecule has 0 saturated heterocycles. The van der Waals surface area contributed by atoms with E-state index in [-0.39, 0.29) is 4.90 Å². The van der Waals surface area contributed by atoms with Gasteiger partial charge in [0, 0.05) is 5.69 Å². The molecule has 2 aromatic rings. The smallest absolute Gasteiger partial charge is 0.321 e. The molecular formula is C18H19FN2O5S. The van der Waals surface area contributed by atoms with E-state index in [0.29, 0.717) is 5.69 Å². The zero-order chi connectivity index (χ0) is 20.0. The summed E-state index contributed by atoms with van der Waals surface area (Å²) < 4.78 is 43.5. The van der Waals surface area contributed by atoms with Crippen LogP contribution < -0.4 is 10.0 Å². The summed E-state index contributed by atoms with van der Waals surface area (Å²) in [5.41, 5.74) is 2.64. The molecule has 9 heteroatoms. The molecule has 0 saturated carbocycles. The van der Waals surface area contributed by atoms with Crippen molar-refractivity contribution in [3.8, 4) is 0 Å². The van der Waals surface area contributed by atoms with Gasteiger partial charge in [-0.05, 0) is 61.4 Å². The highest BCUT2D eigenvalue weighted by molar-refractivity contribution is 7.89. The molecule has 2 N–H and O–H groups in total. The van der Waals surface area contributed by atoms with Gasteiger partial charge in [-0.3, -0.25) is 9.59 Å². The largest absolute Gasteiger partial charge is 0.455 e. The third-order valence-electron chi connectivity index (χ3n) is 3.69. The Kier molecular flexibility index (Phi) is 6.65. The molecule has 2 aromatic carbocycles. The van der Waals surface area contributed by atoms with Gasteiger partial charge in [0.2, 0.25) is 10.0 Å². The van der Waals surface area contributed by atoms with Gasteiger partial charge in [0.05, 0.1) is 4.90 Å². The first kappa shape index (κ1) is 20.5. The predicted molar refractivity (Wildman–Crippen MR) is 97.1 cm³/mol. The van der Waals surface area contributed by atoms with E-state index in [1.54, 1.807) is 12.1 Å². The third kappa shape index (κ3) is 6.15. The number of esters is 1. The van der Waals surface area contributed by atoms with Gasteiger partial charge in [-0.15, -0.1) is 0 Å². The fraction of sp³-hybridized carbons (Fsp3) is 0.222. The normalized spacial score (nSPS) is 11.1. The van der Waals surface area contributed by atoms with E-state index in [1.807, 2.05) is 24.6 Å². The molecule has 0 aliphatic heterocycles.